The molecular weight excluding hydrogens is 198 g/mol. The van der Waals surface area contributed by atoms with Crippen LogP contribution in [0, 0.1) is 0 Å². The molecule has 0 saturated carbocycles. The number of unbranched alkanes of at least 4 members (excludes halogenated alkanes) is 5. The molecule has 0 aliphatic carbocycles. The van der Waals surface area contributed by atoms with E-state index in [0.717, 1.165) is 19.8 Å². The lowest BCUT2D eigenvalue weighted by atomic mass is 10.1. The Kier molecular flexibility index (Phi) is 8.83. The highest BCUT2D eigenvalue weighted by Crippen LogP contribution is 2.07. The molecular formula is C14H29NO. The van der Waals surface area contributed by atoms with Crippen molar-refractivity contribution < 1.29 is 4.74 Å². The van der Waals surface area contributed by atoms with Gasteiger partial charge in [-0.15, -0.1) is 0 Å². The summed E-state index contributed by atoms with van der Waals surface area (Å²) in [5, 5.41) is 0. The predicted octanol–water partition coefficient (Wildman–Crippen LogP) is 3.46. The first-order valence-electron chi connectivity index (χ1n) is 7.23. The number of nitrogens with zero attached hydrogens (tertiary/aromatic N) is 1. The molecule has 0 N–H and O–H groups in total. The minimum Gasteiger partial charge on any atom is -0.380 e. The standard InChI is InChI=1S/C14H29NO/c1-2-3-4-5-6-9-13-16-14-12-15-10-7-8-11-15/h2-14H2,1H3. The van der Waals surface area contributed by atoms with Crippen molar-refractivity contribution in [1.29, 1.82) is 0 Å². The molecule has 0 radical (unpaired) electrons. The maximum atomic E-state index is 5.66. The predicted molar refractivity (Wildman–Crippen MR) is 69.9 cm³/mol. The Morgan fingerprint density at radius 1 is 0.875 bits per heavy atom. The molecule has 0 bridgehead atoms. The van der Waals surface area contributed by atoms with Crippen molar-refractivity contribution in [1.82, 2.24) is 4.90 Å². The van der Waals surface area contributed by atoms with E-state index in [1.165, 1.54) is 64.5 Å². The average molecular weight is 227 g/mol. The Bertz CT molecular complexity index is 144. The van der Waals surface area contributed by atoms with E-state index in [1.807, 2.05) is 0 Å². The fourth-order valence-corrected chi connectivity index (χ4v) is 2.29. The van der Waals surface area contributed by atoms with Gasteiger partial charge in [0.15, 0.2) is 0 Å². The van der Waals surface area contributed by atoms with Crippen LogP contribution in [-0.4, -0.2) is 37.7 Å². The fraction of sp³-hybridized carbons (Fsp3) is 1.00. The Hall–Kier alpha value is -0.0800. The molecule has 1 fully saturated rings. The van der Waals surface area contributed by atoms with Crippen LogP contribution < -0.4 is 0 Å². The Balaban J connectivity index is 1.71. The fourth-order valence-electron chi connectivity index (χ4n) is 2.29. The van der Waals surface area contributed by atoms with Crippen LogP contribution in [0.3, 0.4) is 0 Å². The molecule has 0 aromatic carbocycles. The maximum absolute atomic E-state index is 5.66. The first-order valence-corrected chi connectivity index (χ1v) is 7.23. The molecule has 0 atom stereocenters. The summed E-state index contributed by atoms with van der Waals surface area (Å²) in [6, 6.07) is 0. The lowest BCUT2D eigenvalue weighted by Gasteiger charge is -2.14. The van der Waals surface area contributed by atoms with Gasteiger partial charge in [0, 0.05) is 13.2 Å². The Labute approximate surface area is 101 Å². The van der Waals surface area contributed by atoms with Gasteiger partial charge in [0.1, 0.15) is 0 Å². The second kappa shape index (κ2) is 10.1. The Morgan fingerprint density at radius 2 is 1.56 bits per heavy atom. The third kappa shape index (κ3) is 7.24. The van der Waals surface area contributed by atoms with Crippen LogP contribution in [0.25, 0.3) is 0 Å². The molecule has 16 heavy (non-hydrogen) atoms. The topological polar surface area (TPSA) is 12.5 Å². The SMILES string of the molecule is CCCCCCCCOCCN1CCCC1. The van der Waals surface area contributed by atoms with Gasteiger partial charge in [-0.05, 0) is 32.4 Å². The highest BCUT2D eigenvalue weighted by Gasteiger charge is 2.09. The minimum atomic E-state index is 0.939. The first kappa shape index (κ1) is 14.0. The lowest BCUT2D eigenvalue weighted by molar-refractivity contribution is 0.108. The highest BCUT2D eigenvalue weighted by molar-refractivity contribution is 4.65. The molecule has 0 amide bonds. The Morgan fingerprint density at radius 3 is 2.31 bits per heavy atom. The zero-order chi connectivity index (χ0) is 11.5. The molecule has 1 aliphatic heterocycles. The van der Waals surface area contributed by atoms with Crippen LogP contribution in [0.2, 0.25) is 0 Å². The first-order chi connectivity index (χ1) is 7.93. The zero-order valence-corrected chi connectivity index (χ0v) is 11.0. The van der Waals surface area contributed by atoms with Gasteiger partial charge in [-0.2, -0.15) is 0 Å². The van der Waals surface area contributed by atoms with Crippen molar-refractivity contribution >= 4 is 0 Å². The van der Waals surface area contributed by atoms with E-state index in [0.29, 0.717) is 0 Å². The molecule has 96 valence electrons. The molecule has 0 aromatic heterocycles. The number of rotatable bonds is 10. The van der Waals surface area contributed by atoms with E-state index in [2.05, 4.69) is 11.8 Å². The van der Waals surface area contributed by atoms with Crippen molar-refractivity contribution in [2.24, 2.45) is 0 Å². The van der Waals surface area contributed by atoms with Crippen molar-refractivity contribution in [3.05, 3.63) is 0 Å². The summed E-state index contributed by atoms with van der Waals surface area (Å²) in [7, 11) is 0. The molecule has 2 heteroatoms. The van der Waals surface area contributed by atoms with Crippen LogP contribution in [0.5, 0.6) is 0 Å². The van der Waals surface area contributed by atoms with Crippen LogP contribution in [0.15, 0.2) is 0 Å². The lowest BCUT2D eigenvalue weighted by Crippen LogP contribution is -2.24. The van der Waals surface area contributed by atoms with E-state index in [-0.39, 0.29) is 0 Å². The van der Waals surface area contributed by atoms with Gasteiger partial charge in [0.2, 0.25) is 0 Å². The molecule has 1 heterocycles. The number of hydrogen-bond donors (Lipinski definition) is 0. The summed E-state index contributed by atoms with van der Waals surface area (Å²) < 4.78 is 5.66. The zero-order valence-electron chi connectivity index (χ0n) is 11.0. The summed E-state index contributed by atoms with van der Waals surface area (Å²) >= 11 is 0. The summed E-state index contributed by atoms with van der Waals surface area (Å²) in [5.41, 5.74) is 0. The van der Waals surface area contributed by atoms with Crippen LogP contribution in [0.1, 0.15) is 58.3 Å². The molecule has 1 rings (SSSR count). The minimum absolute atomic E-state index is 0.939. The van der Waals surface area contributed by atoms with Crippen molar-refractivity contribution in [2.45, 2.75) is 58.3 Å². The van der Waals surface area contributed by atoms with Crippen LogP contribution in [0.4, 0.5) is 0 Å². The smallest absolute Gasteiger partial charge is 0.0593 e. The maximum Gasteiger partial charge on any atom is 0.0593 e. The van der Waals surface area contributed by atoms with Crippen molar-refractivity contribution in [3.63, 3.8) is 0 Å². The van der Waals surface area contributed by atoms with Gasteiger partial charge >= 0.3 is 0 Å². The monoisotopic (exact) mass is 227 g/mol. The molecule has 2 nitrogen and oxygen atoms in total. The van der Waals surface area contributed by atoms with Crippen molar-refractivity contribution in [3.8, 4) is 0 Å². The van der Waals surface area contributed by atoms with Gasteiger partial charge < -0.3 is 9.64 Å². The number of likely N-dealkylation sites (tertiary alicyclic amines) is 1. The molecule has 1 saturated heterocycles. The van der Waals surface area contributed by atoms with E-state index in [9.17, 15) is 0 Å². The van der Waals surface area contributed by atoms with E-state index in [1.54, 1.807) is 0 Å². The largest absolute Gasteiger partial charge is 0.380 e. The second-order valence-electron chi connectivity index (χ2n) is 4.93. The normalized spacial score (nSPS) is 17.1. The quantitative estimate of drug-likeness (QED) is 0.530. The van der Waals surface area contributed by atoms with Crippen LogP contribution in [-0.2, 0) is 4.74 Å². The van der Waals surface area contributed by atoms with Crippen molar-refractivity contribution in [2.75, 3.05) is 32.8 Å². The molecule has 0 spiro atoms. The third-order valence-electron chi connectivity index (χ3n) is 3.39. The number of ether oxygens (including phenoxy) is 1. The van der Waals surface area contributed by atoms with Gasteiger partial charge in [-0.25, -0.2) is 0 Å². The molecule has 0 unspecified atom stereocenters. The van der Waals surface area contributed by atoms with E-state index >= 15 is 0 Å². The van der Waals surface area contributed by atoms with Gasteiger partial charge in [0.25, 0.3) is 0 Å². The molecule has 1 aliphatic rings. The van der Waals surface area contributed by atoms with Gasteiger partial charge in [-0.3, -0.25) is 0 Å². The van der Waals surface area contributed by atoms with Crippen LogP contribution >= 0.6 is 0 Å². The highest BCUT2D eigenvalue weighted by atomic mass is 16.5. The molecule has 0 aromatic rings. The summed E-state index contributed by atoms with van der Waals surface area (Å²) in [4.78, 5) is 2.52. The summed E-state index contributed by atoms with van der Waals surface area (Å²) in [5.74, 6) is 0. The van der Waals surface area contributed by atoms with Gasteiger partial charge in [0.05, 0.1) is 6.61 Å². The second-order valence-corrected chi connectivity index (χ2v) is 4.93. The van der Waals surface area contributed by atoms with E-state index in [4.69, 9.17) is 4.74 Å². The summed E-state index contributed by atoms with van der Waals surface area (Å²) in [6.45, 7) is 7.91. The third-order valence-corrected chi connectivity index (χ3v) is 3.39. The number of hydrogen-bond acceptors (Lipinski definition) is 2. The average Bonchev–Trinajstić information content (AvgIpc) is 2.80. The van der Waals surface area contributed by atoms with Gasteiger partial charge in [-0.1, -0.05) is 39.0 Å². The summed E-state index contributed by atoms with van der Waals surface area (Å²) in [6.07, 6.45) is 10.9. The van der Waals surface area contributed by atoms with E-state index < -0.39 is 0 Å².